The average Bonchev–Trinajstić information content (AvgIpc) is 3.70. The number of carbonyl (C=O) groups is 1. The highest BCUT2D eigenvalue weighted by molar-refractivity contribution is 6.31. The van der Waals surface area contributed by atoms with Gasteiger partial charge in [-0.15, -0.1) is 0 Å². The van der Waals surface area contributed by atoms with Crippen LogP contribution in [0.4, 0.5) is 29.1 Å². The van der Waals surface area contributed by atoms with Gasteiger partial charge in [0.1, 0.15) is 12.4 Å². The zero-order chi connectivity index (χ0) is 36.2. The molecular weight excluding hydrogens is 692 g/mol. The molecule has 2 saturated heterocycles. The third-order valence-electron chi connectivity index (χ3n) is 10.5. The van der Waals surface area contributed by atoms with Crippen molar-refractivity contribution in [2.45, 2.75) is 83.0 Å². The molecule has 6 heterocycles. The number of hydrogen-bond acceptors (Lipinski definition) is 9. The minimum Gasteiger partial charge on any atom is -0.461 e. The Labute approximate surface area is 298 Å². The van der Waals surface area contributed by atoms with Crippen LogP contribution in [0.15, 0.2) is 24.0 Å². The second kappa shape index (κ2) is 13.6. The molecule has 11 nitrogen and oxygen atoms in total. The molecule has 51 heavy (non-hydrogen) atoms. The monoisotopic (exact) mass is 732 g/mol. The third kappa shape index (κ3) is 6.52. The summed E-state index contributed by atoms with van der Waals surface area (Å²) >= 11 is 6.11. The summed E-state index contributed by atoms with van der Waals surface area (Å²) in [5.41, 5.74) is 8.53. The molecule has 274 valence electrons. The molecule has 2 aromatic heterocycles. The van der Waals surface area contributed by atoms with Crippen molar-refractivity contribution >= 4 is 29.0 Å². The van der Waals surface area contributed by atoms with Gasteiger partial charge in [0.15, 0.2) is 5.69 Å². The van der Waals surface area contributed by atoms with E-state index in [9.17, 15) is 22.4 Å². The van der Waals surface area contributed by atoms with E-state index < -0.39 is 22.9 Å². The number of hydrogen-bond donors (Lipinski definition) is 1. The van der Waals surface area contributed by atoms with E-state index in [0.29, 0.717) is 80.1 Å². The smallest absolute Gasteiger partial charge is 0.418 e. The normalized spacial score (nSPS) is 22.9. The van der Waals surface area contributed by atoms with Crippen molar-refractivity contribution in [3.63, 3.8) is 0 Å². The number of carbonyl (C=O) groups excluding carboxylic acids is 1. The van der Waals surface area contributed by atoms with Gasteiger partial charge >= 0.3 is 12.2 Å². The zero-order valence-corrected chi connectivity index (χ0v) is 29.6. The topological polar surface area (TPSA) is 115 Å². The van der Waals surface area contributed by atoms with Crippen LogP contribution in [-0.4, -0.2) is 81.3 Å². The lowest BCUT2D eigenvalue weighted by molar-refractivity contribution is -0.139. The van der Waals surface area contributed by atoms with Crippen LogP contribution in [0, 0.1) is 0 Å². The van der Waals surface area contributed by atoms with Crippen LogP contribution in [0.25, 0.3) is 0 Å². The molecule has 16 heteroatoms. The number of anilines is 2. The van der Waals surface area contributed by atoms with Gasteiger partial charge in [-0.2, -0.15) is 28.2 Å². The maximum Gasteiger partial charge on any atom is 0.418 e. The van der Waals surface area contributed by atoms with Crippen LogP contribution in [0.5, 0.6) is 6.01 Å². The van der Waals surface area contributed by atoms with Crippen molar-refractivity contribution in [3.05, 3.63) is 68.4 Å². The summed E-state index contributed by atoms with van der Waals surface area (Å²) in [5.74, 6) is 0.371. The second-order valence-corrected chi connectivity index (χ2v) is 14.4. The third-order valence-corrected chi connectivity index (χ3v) is 10.8. The van der Waals surface area contributed by atoms with Crippen LogP contribution >= 0.6 is 11.6 Å². The first-order chi connectivity index (χ1) is 24.3. The predicted octanol–water partition coefficient (Wildman–Crippen LogP) is 5.89. The fourth-order valence-corrected chi connectivity index (χ4v) is 8.46. The molecule has 2 fully saturated rings. The van der Waals surface area contributed by atoms with Crippen molar-refractivity contribution < 1.29 is 31.8 Å². The maximum atomic E-state index is 14.3. The molecule has 4 aliphatic heterocycles. The number of aryl methyl sites for hydroxylation is 1. The number of nitrogens with zero attached hydrogens (tertiary/aromatic N) is 7. The van der Waals surface area contributed by atoms with E-state index in [1.807, 2.05) is 11.6 Å². The molecule has 0 spiro atoms. The van der Waals surface area contributed by atoms with Gasteiger partial charge in [0.05, 0.1) is 53.1 Å². The highest BCUT2D eigenvalue weighted by Crippen LogP contribution is 2.45. The predicted molar refractivity (Wildman–Crippen MR) is 182 cm³/mol. The number of rotatable bonds is 7. The van der Waals surface area contributed by atoms with E-state index in [4.69, 9.17) is 41.9 Å². The Balaban J connectivity index is 1.28. The summed E-state index contributed by atoms with van der Waals surface area (Å²) in [6.45, 7) is 5.08. The molecule has 2 N–H and O–H groups in total. The molecule has 3 aromatic rings. The molecule has 0 bridgehead atoms. The Bertz CT molecular complexity index is 1880. The molecular formula is C35H41ClF4N8O3. The molecule has 0 aliphatic carbocycles. The lowest BCUT2D eigenvalue weighted by atomic mass is 9.94. The standard InChI is InChI=1S/C35H41ClF4N8O3/c1-4-22-27-17-46(8-6-10-48(27)44-30(22)32(49)45(2)3)31-24-18-50-28(23-11-21(41)12-25(36)29(23)35(38,39)40)13-26(24)42-33(43-31)51-19-34-7-5-9-47(34)16-20(14-34)15-37/h11-12,15,28H,4-10,13-14,16-19,41H2,1-3H3/b20-15-/t28?,34-/m0/s1. The van der Waals surface area contributed by atoms with Crippen LogP contribution in [0.1, 0.15) is 82.8 Å². The van der Waals surface area contributed by atoms with Gasteiger partial charge < -0.3 is 25.0 Å². The van der Waals surface area contributed by atoms with E-state index >= 15 is 0 Å². The van der Waals surface area contributed by atoms with Gasteiger partial charge in [-0.3, -0.25) is 14.4 Å². The average molecular weight is 733 g/mol. The number of benzene rings is 1. The van der Waals surface area contributed by atoms with E-state index in [0.717, 1.165) is 36.7 Å². The fourth-order valence-electron chi connectivity index (χ4n) is 8.11. The van der Waals surface area contributed by atoms with Crippen molar-refractivity contribution in [3.8, 4) is 6.01 Å². The SMILES string of the molecule is CCc1c(C(=O)N(C)C)nn2c1CN(c1nc(OC[C@@]34CCCN3C/C(=C\F)C4)nc3c1COC(c1cc(N)cc(Cl)c1C(F)(F)F)C3)CCC2. The van der Waals surface area contributed by atoms with Crippen molar-refractivity contribution in [1.29, 1.82) is 0 Å². The van der Waals surface area contributed by atoms with Crippen molar-refractivity contribution in [2.75, 3.05) is 51.0 Å². The molecule has 1 aromatic carbocycles. The number of alkyl halides is 3. The maximum absolute atomic E-state index is 14.3. The van der Waals surface area contributed by atoms with Gasteiger partial charge in [0.2, 0.25) is 0 Å². The van der Waals surface area contributed by atoms with Crippen LogP contribution < -0.4 is 15.4 Å². The number of nitrogen functional groups attached to an aromatic ring is 1. The lowest BCUT2D eigenvalue weighted by Gasteiger charge is -2.33. The number of aromatic nitrogens is 4. The van der Waals surface area contributed by atoms with Crippen LogP contribution in [-0.2, 0) is 43.5 Å². The molecule has 0 saturated carbocycles. The number of ether oxygens (including phenoxy) is 2. The molecule has 2 atom stereocenters. The Hall–Kier alpha value is -3.95. The minimum atomic E-state index is -4.74. The number of amides is 1. The minimum absolute atomic E-state index is 0.0104. The van der Waals surface area contributed by atoms with E-state index in [2.05, 4.69) is 9.80 Å². The van der Waals surface area contributed by atoms with Gasteiger partial charge in [-0.25, -0.2) is 4.39 Å². The van der Waals surface area contributed by atoms with E-state index in [1.165, 1.54) is 11.0 Å². The molecule has 1 amide bonds. The molecule has 4 aliphatic rings. The summed E-state index contributed by atoms with van der Waals surface area (Å²) in [6, 6.07) is 2.42. The first-order valence-electron chi connectivity index (χ1n) is 17.2. The van der Waals surface area contributed by atoms with Crippen LogP contribution in [0.2, 0.25) is 5.02 Å². The summed E-state index contributed by atoms with van der Waals surface area (Å²) in [4.78, 5) is 28.6. The fraction of sp³-hybridized carbons (Fsp3) is 0.543. The first kappa shape index (κ1) is 35.5. The number of fused-ring (bicyclic) bond motifs is 3. The Morgan fingerprint density at radius 3 is 2.73 bits per heavy atom. The van der Waals surface area contributed by atoms with E-state index in [1.54, 1.807) is 14.1 Å². The highest BCUT2D eigenvalue weighted by atomic mass is 35.5. The van der Waals surface area contributed by atoms with E-state index in [-0.39, 0.29) is 48.3 Å². The number of halogens is 5. The highest BCUT2D eigenvalue weighted by Gasteiger charge is 2.47. The van der Waals surface area contributed by atoms with Gasteiger partial charge in [-0.05, 0) is 61.9 Å². The second-order valence-electron chi connectivity index (χ2n) is 14.0. The first-order valence-corrected chi connectivity index (χ1v) is 17.6. The van der Waals surface area contributed by atoms with Crippen molar-refractivity contribution in [1.82, 2.24) is 29.5 Å². The molecule has 0 radical (unpaired) electrons. The quantitative estimate of drug-likeness (QED) is 0.235. The largest absolute Gasteiger partial charge is 0.461 e. The molecule has 1 unspecified atom stereocenters. The summed E-state index contributed by atoms with van der Waals surface area (Å²) in [6.07, 6.45) is -1.50. The van der Waals surface area contributed by atoms with Crippen molar-refractivity contribution in [2.24, 2.45) is 0 Å². The Morgan fingerprint density at radius 1 is 1.20 bits per heavy atom. The summed E-state index contributed by atoms with van der Waals surface area (Å²) in [5, 5.41) is 4.20. The Morgan fingerprint density at radius 2 is 2.00 bits per heavy atom. The summed E-state index contributed by atoms with van der Waals surface area (Å²) < 4.78 is 70.9. The lowest BCUT2D eigenvalue weighted by Crippen LogP contribution is -2.43. The number of nitrogens with two attached hydrogens (primary N) is 1. The molecule has 7 rings (SSSR count). The Kier molecular flexibility index (Phi) is 9.42. The van der Waals surface area contributed by atoms with Crippen LogP contribution in [0.3, 0.4) is 0 Å². The van der Waals surface area contributed by atoms with Gasteiger partial charge in [-0.1, -0.05) is 18.5 Å². The van der Waals surface area contributed by atoms with Gasteiger partial charge in [0.25, 0.3) is 5.91 Å². The van der Waals surface area contributed by atoms with Gasteiger partial charge in [0, 0.05) is 57.0 Å². The summed E-state index contributed by atoms with van der Waals surface area (Å²) in [7, 11) is 3.39. The zero-order valence-electron chi connectivity index (χ0n) is 28.8.